The summed E-state index contributed by atoms with van der Waals surface area (Å²) >= 11 is 0. The molecular weight excluding hydrogens is 1630 g/mol. The molecule has 5 spiro atoms. The number of para-hydroxylation sites is 5. The summed E-state index contributed by atoms with van der Waals surface area (Å²) in [6, 6.07) is 46.4. The minimum absolute atomic E-state index is 0.0105. The number of aldehydes is 1. The van der Waals surface area contributed by atoms with Gasteiger partial charge in [0.05, 0.1) is 65.4 Å². The van der Waals surface area contributed by atoms with Gasteiger partial charge in [-0.1, -0.05) is 117 Å². The Hall–Kier alpha value is -12.4. The maximum Gasteiger partial charge on any atom is 0.410 e. The number of carbonyl (C=O) groups is 11. The highest BCUT2D eigenvalue weighted by atomic mass is 16.7. The Bertz CT molecular complexity index is 5280. The molecule has 0 atom stereocenters. The largest absolute Gasteiger partial charge is 0.497 e. The second-order valence-electron chi connectivity index (χ2n) is 35.0. The number of anilines is 5. The fourth-order valence-corrected chi connectivity index (χ4v) is 19.1. The summed E-state index contributed by atoms with van der Waals surface area (Å²) in [4.78, 5) is 156. The van der Waals surface area contributed by atoms with Crippen LogP contribution in [0.2, 0.25) is 0 Å². The molecule has 31 heteroatoms. The summed E-state index contributed by atoms with van der Waals surface area (Å²) < 4.78 is 44.4. The molecule has 7 aromatic rings. The quantitative estimate of drug-likeness (QED) is 0.0421. The van der Waals surface area contributed by atoms with Crippen molar-refractivity contribution < 1.29 is 90.6 Å². The van der Waals surface area contributed by atoms with Gasteiger partial charge >= 0.3 is 30.5 Å². The standard InChI is InChI=1S/C26H34N4O3.C23H26N2O4.C19H26N2O5.C15H16N2O4.C13H14N2O3/c1-4-33-25(32)28-16-26(17-28)19-9-5-7-11-21(19)30(24(26)31)15-23-27-20-10-6-8-12-22(20)29(23)14-13-18(2)3;1-22(2,3)29-21(27)24-14-23(15-24)18-7-5-6-8-19(18)25(20(23)26)13-16-9-11-17(28-4)12-10-16;1-4-24-16(25-5-2)11-21-15-10-8-7-9-14(15)19(17(21)22)12-20(13-19)18(23)26-6-3;1-2-21-14(20)16-9-15(10-16)11-5-3-4-6-12(11)17(7-8-18)13(15)19;1-2-18-12(17)15-7-13(8-15)9-5-3-4-6-10(9)14-11(13)16/h5,7,9,11,18H,4,6,8,10,12-17H2,1-3H3;5-12H,13-15H2,1-4H3;7-10,16H,4-6,11-13H2,1-3H3;3-6,8H,2,7,9-10H2,1H3;3-6H,2,7-8H2,1H3,(H,14,16). The fraction of sp³-hybridized carbons (Fsp3) is 0.479. The van der Waals surface area contributed by atoms with Gasteiger partial charge in [0.2, 0.25) is 29.5 Å². The number of rotatable bonds is 20. The van der Waals surface area contributed by atoms with Crippen molar-refractivity contribution in [1.29, 1.82) is 0 Å². The first-order valence-corrected chi connectivity index (χ1v) is 44.1. The second-order valence-corrected chi connectivity index (χ2v) is 35.0. The molecule has 0 unspecified atom stereocenters. The van der Waals surface area contributed by atoms with Crippen molar-refractivity contribution in [2.75, 3.05) is 150 Å². The normalized spacial score (nSPS) is 18.1. The van der Waals surface area contributed by atoms with Crippen LogP contribution in [0.5, 0.6) is 5.75 Å². The molecule has 1 N–H and O–H groups in total. The maximum atomic E-state index is 13.8. The first-order chi connectivity index (χ1) is 61.0. The first-order valence-electron chi connectivity index (χ1n) is 44.1. The van der Waals surface area contributed by atoms with Gasteiger partial charge in [0, 0.05) is 119 Å². The molecule has 5 saturated heterocycles. The van der Waals surface area contributed by atoms with Crippen LogP contribution in [0.1, 0.15) is 146 Å². The number of nitrogens with zero attached hydrogens (tertiary/aromatic N) is 11. The predicted molar refractivity (Wildman–Crippen MR) is 473 cm³/mol. The van der Waals surface area contributed by atoms with E-state index in [0.29, 0.717) is 131 Å². The second kappa shape index (κ2) is 37.7. The number of ether oxygens (including phenoxy) is 8. The van der Waals surface area contributed by atoms with Crippen molar-refractivity contribution in [3.05, 3.63) is 196 Å². The van der Waals surface area contributed by atoms with E-state index in [2.05, 4.69) is 23.7 Å². The van der Waals surface area contributed by atoms with Gasteiger partial charge in [0.25, 0.3) is 0 Å². The third-order valence-electron chi connectivity index (χ3n) is 25.3. The van der Waals surface area contributed by atoms with E-state index < -0.39 is 45.1 Å². The van der Waals surface area contributed by atoms with Gasteiger partial charge in [0.15, 0.2) is 6.29 Å². The Morgan fingerprint density at radius 3 is 1.25 bits per heavy atom. The van der Waals surface area contributed by atoms with Gasteiger partial charge in [-0.05, 0) is 176 Å². The molecule has 18 rings (SSSR count). The highest BCUT2D eigenvalue weighted by Gasteiger charge is 2.64. The number of hydrogen-bond donors (Lipinski definition) is 1. The molecule has 0 bridgehead atoms. The van der Waals surface area contributed by atoms with E-state index in [1.165, 1.54) is 34.0 Å². The molecule has 1 aliphatic carbocycles. The van der Waals surface area contributed by atoms with Crippen LogP contribution in [-0.4, -0.2) is 238 Å². The number of carbonyl (C=O) groups excluding carboxylic acids is 11. The van der Waals surface area contributed by atoms with Crippen molar-refractivity contribution >= 4 is 94.7 Å². The molecule has 11 heterocycles. The molecule has 31 nitrogen and oxygen atoms in total. The van der Waals surface area contributed by atoms with Crippen LogP contribution >= 0.6 is 0 Å². The molecule has 674 valence electrons. The Labute approximate surface area is 740 Å². The molecule has 6 aromatic carbocycles. The van der Waals surface area contributed by atoms with Crippen LogP contribution in [0.3, 0.4) is 0 Å². The third-order valence-corrected chi connectivity index (χ3v) is 25.3. The molecule has 10 amide bonds. The molecule has 0 radical (unpaired) electrons. The summed E-state index contributed by atoms with van der Waals surface area (Å²) in [5.41, 5.74) is 8.89. The van der Waals surface area contributed by atoms with Gasteiger partial charge in [0.1, 0.15) is 50.5 Å². The van der Waals surface area contributed by atoms with E-state index in [-0.39, 0.29) is 60.5 Å². The van der Waals surface area contributed by atoms with Gasteiger partial charge < -0.3 is 96.7 Å². The number of fused-ring (bicyclic) bond motifs is 11. The van der Waals surface area contributed by atoms with E-state index in [1.807, 2.05) is 190 Å². The molecule has 0 saturated carbocycles. The lowest BCUT2D eigenvalue weighted by Gasteiger charge is -2.46. The van der Waals surface area contributed by atoms with E-state index >= 15 is 0 Å². The van der Waals surface area contributed by atoms with Crippen molar-refractivity contribution in [1.82, 2.24) is 34.1 Å². The van der Waals surface area contributed by atoms with Crippen LogP contribution in [0.4, 0.5) is 52.4 Å². The lowest BCUT2D eigenvalue weighted by atomic mass is 9.75. The molecular formula is C96H116N12O19. The lowest BCUT2D eigenvalue weighted by molar-refractivity contribution is -0.139. The number of nitrogens with one attached hydrogen (secondary N) is 1. The van der Waals surface area contributed by atoms with Crippen molar-refractivity contribution in [2.45, 2.75) is 167 Å². The molecule has 10 aliphatic heterocycles. The minimum Gasteiger partial charge on any atom is -0.497 e. The topological polar surface area (TPSA) is 321 Å². The number of aromatic nitrogens is 2. The summed E-state index contributed by atoms with van der Waals surface area (Å²) in [5, 5.41) is 2.86. The molecule has 127 heavy (non-hydrogen) atoms. The zero-order valence-electron chi connectivity index (χ0n) is 74.6. The zero-order chi connectivity index (χ0) is 90.5. The van der Waals surface area contributed by atoms with Crippen LogP contribution < -0.4 is 29.7 Å². The van der Waals surface area contributed by atoms with Gasteiger partial charge in [-0.15, -0.1) is 0 Å². The monoisotopic (exact) mass is 1740 g/mol. The molecule has 5 fully saturated rings. The third kappa shape index (κ3) is 17.2. The van der Waals surface area contributed by atoms with Gasteiger partial charge in [-0.2, -0.15) is 0 Å². The smallest absolute Gasteiger partial charge is 0.410 e. The van der Waals surface area contributed by atoms with E-state index in [0.717, 1.165) is 105 Å². The SMILES string of the molecule is CCOC(=O)N1CC2(C1)C(=O)N(CC(OCC)OCC)c1ccccc12.CCOC(=O)N1CC2(C1)C(=O)N(CC=O)c1ccccc12.CCOC(=O)N1CC2(C1)C(=O)N(Cc1nc3c(n1CCC(C)C)CCCC3)c1ccccc12.CCOC(=O)N1CC2(C1)C(=O)Nc1ccccc12.COc1ccc(CN2C(=O)C3(CN(C(=O)OC(C)(C)C)C3)c3ccccc32)cc1. The van der Waals surface area contributed by atoms with Gasteiger partial charge in [-0.25, -0.2) is 29.0 Å². The van der Waals surface area contributed by atoms with Crippen molar-refractivity contribution in [3.8, 4) is 5.75 Å². The summed E-state index contributed by atoms with van der Waals surface area (Å²) in [6.45, 7) is 29.0. The minimum atomic E-state index is -0.716. The number of hydrogen-bond acceptors (Lipinski definition) is 20. The Morgan fingerprint density at radius 2 is 0.835 bits per heavy atom. The lowest BCUT2D eigenvalue weighted by Crippen LogP contribution is -2.65. The highest BCUT2D eigenvalue weighted by molar-refractivity contribution is 6.14. The van der Waals surface area contributed by atoms with Crippen molar-refractivity contribution in [2.24, 2.45) is 5.92 Å². The Balaban J connectivity index is 0.000000130. The van der Waals surface area contributed by atoms with Crippen LogP contribution in [0.15, 0.2) is 146 Å². The molecule has 1 aromatic heterocycles. The summed E-state index contributed by atoms with van der Waals surface area (Å²) in [6.07, 6.45) is 4.00. The maximum absolute atomic E-state index is 13.8. The van der Waals surface area contributed by atoms with E-state index in [9.17, 15) is 52.7 Å². The van der Waals surface area contributed by atoms with Crippen LogP contribution in [-0.2, 0) is 121 Å². The fourth-order valence-electron chi connectivity index (χ4n) is 19.1. The number of methoxy groups -OCH3 is 1. The number of aryl methyl sites for hydroxylation is 1. The van der Waals surface area contributed by atoms with Crippen LogP contribution in [0, 0.1) is 5.92 Å². The average Bonchev–Trinajstić information content (AvgIpc) is 1.56. The Kier molecular flexibility index (Phi) is 26.9. The molecule has 11 aliphatic rings. The number of imidazole rings is 1. The summed E-state index contributed by atoms with van der Waals surface area (Å²) in [7, 11) is 1.63. The van der Waals surface area contributed by atoms with E-state index in [1.54, 1.807) is 59.3 Å². The first kappa shape index (κ1) is 90.9. The predicted octanol–water partition coefficient (Wildman–Crippen LogP) is 12.2. The average molecular weight is 1740 g/mol. The zero-order valence-corrected chi connectivity index (χ0v) is 74.6. The Morgan fingerprint density at radius 1 is 0.457 bits per heavy atom. The van der Waals surface area contributed by atoms with Crippen LogP contribution in [0.25, 0.3) is 0 Å². The number of benzene rings is 6. The van der Waals surface area contributed by atoms with Crippen molar-refractivity contribution in [3.63, 3.8) is 0 Å². The number of amides is 10. The van der Waals surface area contributed by atoms with E-state index in [4.69, 9.17) is 42.9 Å². The highest BCUT2D eigenvalue weighted by Crippen LogP contribution is 2.53. The number of likely N-dealkylation sites (tertiary alicyclic amines) is 5. The van der Waals surface area contributed by atoms with Gasteiger partial charge in [-0.3, -0.25) is 24.0 Å². The summed E-state index contributed by atoms with van der Waals surface area (Å²) in [5.74, 6) is 2.34.